The van der Waals surface area contributed by atoms with E-state index in [0.29, 0.717) is 16.3 Å². The first-order chi connectivity index (χ1) is 17.5. The molecule has 0 heterocycles. The van der Waals surface area contributed by atoms with Crippen molar-refractivity contribution in [3.8, 4) is 11.5 Å². The van der Waals surface area contributed by atoms with E-state index in [2.05, 4.69) is 15.5 Å². The maximum absolute atomic E-state index is 13.2. The van der Waals surface area contributed by atoms with Gasteiger partial charge in [-0.05, 0) is 42.1 Å². The van der Waals surface area contributed by atoms with E-state index in [9.17, 15) is 22.9 Å². The van der Waals surface area contributed by atoms with Gasteiger partial charge >= 0.3 is 0 Å². The molecule has 0 spiro atoms. The van der Waals surface area contributed by atoms with Crippen molar-refractivity contribution in [2.45, 2.75) is 11.8 Å². The average molecular weight is 560 g/mol. The Morgan fingerprint density at radius 2 is 1.76 bits per heavy atom. The molecule has 0 aromatic heterocycles. The maximum Gasteiger partial charge on any atom is 0.298 e. The lowest BCUT2D eigenvalue weighted by Crippen LogP contribution is -2.13. The number of anilines is 1. The lowest BCUT2D eigenvalue weighted by atomic mass is 10.0. The molecule has 0 fully saturated rings. The SMILES string of the molecule is COc1c(Cl)cccc1NC(=O)c1cc2ccccc2c(N=Nc2ccc(C)c(Cl)c2S(=O)(=O)O)c1O. The van der Waals surface area contributed by atoms with Gasteiger partial charge in [-0.1, -0.05) is 59.6 Å². The molecule has 190 valence electrons. The summed E-state index contributed by atoms with van der Waals surface area (Å²) >= 11 is 12.2. The lowest BCUT2D eigenvalue weighted by Gasteiger charge is -2.14. The molecule has 0 bridgehead atoms. The molecule has 12 heteroatoms. The number of phenols is 1. The normalized spacial score (nSPS) is 11.7. The molecule has 0 radical (unpaired) electrons. The third-order valence-electron chi connectivity index (χ3n) is 5.44. The number of carbonyl (C=O) groups excluding carboxylic acids is 1. The first kappa shape index (κ1) is 26.4. The van der Waals surface area contributed by atoms with E-state index in [1.54, 1.807) is 49.4 Å². The highest BCUT2D eigenvalue weighted by molar-refractivity contribution is 7.86. The number of rotatable bonds is 6. The Kier molecular flexibility index (Phi) is 7.37. The number of nitrogens with zero attached hydrogens (tertiary/aromatic N) is 2. The van der Waals surface area contributed by atoms with E-state index in [0.717, 1.165) is 0 Å². The second kappa shape index (κ2) is 10.3. The summed E-state index contributed by atoms with van der Waals surface area (Å²) in [6.07, 6.45) is 0. The Bertz CT molecular complexity index is 1690. The molecule has 0 saturated carbocycles. The largest absolute Gasteiger partial charge is 0.505 e. The van der Waals surface area contributed by atoms with Crippen LogP contribution in [0.25, 0.3) is 10.8 Å². The van der Waals surface area contributed by atoms with Gasteiger partial charge < -0.3 is 15.2 Å². The second-order valence-corrected chi connectivity index (χ2v) is 9.98. The number of amides is 1. The molecular weight excluding hydrogens is 541 g/mol. The number of halogens is 2. The first-order valence-corrected chi connectivity index (χ1v) is 12.8. The number of para-hydroxylation sites is 1. The Labute approximate surface area is 222 Å². The van der Waals surface area contributed by atoms with Gasteiger partial charge in [-0.15, -0.1) is 10.2 Å². The average Bonchev–Trinajstić information content (AvgIpc) is 2.84. The van der Waals surface area contributed by atoms with Crippen LogP contribution < -0.4 is 10.1 Å². The van der Waals surface area contributed by atoms with Crippen LogP contribution in [0, 0.1) is 6.92 Å². The van der Waals surface area contributed by atoms with Crippen LogP contribution in [-0.4, -0.2) is 31.1 Å². The molecule has 4 rings (SSSR count). The Morgan fingerprint density at radius 3 is 2.46 bits per heavy atom. The van der Waals surface area contributed by atoms with E-state index in [1.165, 1.54) is 25.3 Å². The van der Waals surface area contributed by atoms with E-state index in [-0.39, 0.29) is 38.4 Å². The van der Waals surface area contributed by atoms with Crippen LogP contribution in [0.5, 0.6) is 11.5 Å². The number of fused-ring (bicyclic) bond motifs is 1. The number of hydrogen-bond acceptors (Lipinski definition) is 7. The van der Waals surface area contributed by atoms with Crippen LogP contribution in [-0.2, 0) is 10.1 Å². The van der Waals surface area contributed by atoms with Gasteiger partial charge in [0.2, 0.25) is 0 Å². The van der Waals surface area contributed by atoms with Gasteiger partial charge in [-0.2, -0.15) is 8.42 Å². The summed E-state index contributed by atoms with van der Waals surface area (Å²) < 4.78 is 38.9. The van der Waals surface area contributed by atoms with Gasteiger partial charge in [0.15, 0.2) is 11.5 Å². The van der Waals surface area contributed by atoms with Crippen molar-refractivity contribution in [1.29, 1.82) is 0 Å². The molecule has 0 aliphatic carbocycles. The number of azo groups is 1. The second-order valence-electron chi connectivity index (χ2n) is 7.84. The summed E-state index contributed by atoms with van der Waals surface area (Å²) in [6.45, 7) is 1.56. The third-order valence-corrected chi connectivity index (χ3v) is 7.27. The zero-order valence-electron chi connectivity index (χ0n) is 19.4. The van der Waals surface area contributed by atoms with Crippen LogP contribution in [0.15, 0.2) is 75.8 Å². The van der Waals surface area contributed by atoms with Crippen molar-refractivity contribution in [1.82, 2.24) is 0 Å². The molecule has 3 N–H and O–H groups in total. The number of benzene rings is 4. The van der Waals surface area contributed by atoms with E-state index in [1.807, 2.05) is 0 Å². The van der Waals surface area contributed by atoms with Crippen LogP contribution in [0.1, 0.15) is 15.9 Å². The summed E-state index contributed by atoms with van der Waals surface area (Å²) in [7, 11) is -3.34. The van der Waals surface area contributed by atoms with E-state index < -0.39 is 26.7 Å². The minimum Gasteiger partial charge on any atom is -0.505 e. The summed E-state index contributed by atoms with van der Waals surface area (Å²) in [5.41, 5.74) is 0.200. The van der Waals surface area contributed by atoms with Gasteiger partial charge in [0.25, 0.3) is 16.0 Å². The zero-order chi connectivity index (χ0) is 26.9. The Morgan fingerprint density at radius 1 is 1.03 bits per heavy atom. The monoisotopic (exact) mass is 559 g/mol. The van der Waals surface area contributed by atoms with Crippen molar-refractivity contribution in [2.75, 3.05) is 12.4 Å². The highest BCUT2D eigenvalue weighted by atomic mass is 35.5. The van der Waals surface area contributed by atoms with Crippen LogP contribution in [0.2, 0.25) is 10.0 Å². The summed E-state index contributed by atoms with van der Waals surface area (Å²) in [5.74, 6) is -0.948. The fraction of sp³-hybridized carbons (Fsp3) is 0.0800. The van der Waals surface area contributed by atoms with Crippen LogP contribution in [0.3, 0.4) is 0 Å². The van der Waals surface area contributed by atoms with Gasteiger partial charge in [0.05, 0.1) is 28.4 Å². The predicted molar refractivity (Wildman–Crippen MR) is 142 cm³/mol. The highest BCUT2D eigenvalue weighted by Crippen LogP contribution is 2.42. The van der Waals surface area contributed by atoms with Crippen LogP contribution >= 0.6 is 23.2 Å². The molecule has 0 saturated heterocycles. The van der Waals surface area contributed by atoms with E-state index >= 15 is 0 Å². The molecule has 4 aromatic carbocycles. The van der Waals surface area contributed by atoms with E-state index in [4.69, 9.17) is 27.9 Å². The molecule has 0 unspecified atom stereocenters. The Balaban J connectivity index is 1.85. The summed E-state index contributed by atoms with van der Waals surface area (Å²) in [5, 5.41) is 22.8. The minimum atomic E-state index is -4.74. The number of hydrogen-bond donors (Lipinski definition) is 3. The van der Waals surface area contributed by atoms with Gasteiger partial charge in [-0.3, -0.25) is 9.35 Å². The number of carbonyl (C=O) groups is 1. The number of phenolic OH excluding ortho intramolecular Hbond substituents is 1. The highest BCUT2D eigenvalue weighted by Gasteiger charge is 2.23. The smallest absolute Gasteiger partial charge is 0.298 e. The third kappa shape index (κ3) is 5.23. The van der Waals surface area contributed by atoms with Crippen molar-refractivity contribution in [2.24, 2.45) is 10.2 Å². The number of ether oxygens (including phenoxy) is 1. The van der Waals surface area contributed by atoms with Gasteiger partial charge in [-0.25, -0.2) is 0 Å². The topological polar surface area (TPSA) is 138 Å². The molecule has 4 aromatic rings. The molecule has 0 aliphatic heterocycles. The molecule has 37 heavy (non-hydrogen) atoms. The fourth-order valence-electron chi connectivity index (χ4n) is 3.67. The first-order valence-electron chi connectivity index (χ1n) is 10.6. The molecular formula is C25H19Cl2N3O6S. The van der Waals surface area contributed by atoms with Crippen molar-refractivity contribution in [3.05, 3.63) is 81.8 Å². The predicted octanol–water partition coefficient (Wildman–Crippen LogP) is 7.08. The van der Waals surface area contributed by atoms with Crippen molar-refractivity contribution in [3.63, 3.8) is 0 Å². The van der Waals surface area contributed by atoms with Crippen LogP contribution in [0.4, 0.5) is 17.1 Å². The van der Waals surface area contributed by atoms with Crippen molar-refractivity contribution >= 4 is 67.1 Å². The summed E-state index contributed by atoms with van der Waals surface area (Å²) in [4.78, 5) is 12.6. The minimum absolute atomic E-state index is 0.0979. The summed E-state index contributed by atoms with van der Waals surface area (Å²) in [6, 6.07) is 15.9. The standard InChI is InChI=1S/C25H19Cl2N3O6S/c1-13-10-11-19(24(20(13)27)37(33,34)35)29-30-21-15-7-4-3-6-14(15)12-16(22(21)31)25(32)28-18-9-5-8-17(26)23(18)36-2/h3-12,31H,1-2H3,(H,28,32)(H,33,34,35). The number of methoxy groups -OCH3 is 1. The molecule has 9 nitrogen and oxygen atoms in total. The fourth-order valence-corrected chi connectivity index (χ4v) is 5.13. The van der Waals surface area contributed by atoms with Gasteiger partial charge in [0, 0.05) is 5.39 Å². The number of aryl methyl sites for hydroxylation is 1. The van der Waals surface area contributed by atoms with Crippen molar-refractivity contribution < 1.29 is 27.6 Å². The van der Waals surface area contributed by atoms with Gasteiger partial charge in [0.1, 0.15) is 16.3 Å². The molecule has 0 atom stereocenters. The maximum atomic E-state index is 13.2. The molecule has 0 aliphatic rings. The lowest BCUT2D eigenvalue weighted by molar-refractivity contribution is 0.102. The molecule has 1 amide bonds. The Hall–Kier alpha value is -3.70. The number of aromatic hydroxyl groups is 1. The number of nitrogens with one attached hydrogen (secondary N) is 1. The zero-order valence-corrected chi connectivity index (χ0v) is 21.7. The quantitative estimate of drug-likeness (QED) is 0.170.